The van der Waals surface area contributed by atoms with Gasteiger partial charge in [0.15, 0.2) is 0 Å². The first-order chi connectivity index (χ1) is 9.24. The van der Waals surface area contributed by atoms with Crippen LogP contribution in [0, 0.1) is 5.92 Å². The predicted molar refractivity (Wildman–Crippen MR) is 74.1 cm³/mol. The summed E-state index contributed by atoms with van der Waals surface area (Å²) in [6.07, 6.45) is 1.82. The largest absolute Gasteiger partial charge is 0.381 e. The Labute approximate surface area is 113 Å². The average Bonchev–Trinajstić information content (AvgIpc) is 3.07. The molecule has 3 unspecified atom stereocenters. The molecule has 0 aliphatic carbocycles. The van der Waals surface area contributed by atoms with Crippen LogP contribution in [0.3, 0.4) is 0 Å². The molecule has 2 N–H and O–H groups in total. The van der Waals surface area contributed by atoms with Crippen LogP contribution in [0.15, 0.2) is 24.3 Å². The molecule has 1 aromatic carbocycles. The quantitative estimate of drug-likeness (QED) is 0.867. The number of carbonyl (C=O) groups excluding carboxylic acids is 1. The molecule has 0 radical (unpaired) electrons. The Balaban J connectivity index is 1.57. The van der Waals surface area contributed by atoms with Gasteiger partial charge in [0.05, 0.1) is 6.61 Å². The topological polar surface area (TPSA) is 50.4 Å². The van der Waals surface area contributed by atoms with Crippen molar-refractivity contribution in [2.75, 3.05) is 18.5 Å². The highest BCUT2D eigenvalue weighted by molar-refractivity contribution is 5.87. The number of carbonyl (C=O) groups is 1. The van der Waals surface area contributed by atoms with Crippen LogP contribution in [0.4, 0.5) is 5.69 Å². The lowest BCUT2D eigenvalue weighted by Gasteiger charge is -2.21. The first-order valence-corrected chi connectivity index (χ1v) is 6.96. The number of hydrogen-bond donors (Lipinski definition) is 2. The van der Waals surface area contributed by atoms with E-state index in [9.17, 15) is 4.79 Å². The molecule has 4 heteroatoms. The Hall–Kier alpha value is -1.55. The minimum absolute atomic E-state index is 0.0931. The highest BCUT2D eigenvalue weighted by Gasteiger charge is 2.29. The van der Waals surface area contributed by atoms with Crippen LogP contribution in [-0.2, 0) is 16.0 Å². The lowest BCUT2D eigenvalue weighted by molar-refractivity contribution is -0.122. The molecule has 102 valence electrons. The molecule has 1 saturated heterocycles. The van der Waals surface area contributed by atoms with Crippen molar-refractivity contribution in [3.8, 4) is 0 Å². The molecule has 19 heavy (non-hydrogen) atoms. The van der Waals surface area contributed by atoms with Gasteiger partial charge in [0.1, 0.15) is 6.04 Å². The monoisotopic (exact) mass is 260 g/mol. The first-order valence-electron chi connectivity index (χ1n) is 6.96. The van der Waals surface area contributed by atoms with Crippen molar-refractivity contribution in [3.05, 3.63) is 29.8 Å². The maximum atomic E-state index is 12.3. The highest BCUT2D eigenvalue weighted by Crippen LogP contribution is 2.25. The summed E-state index contributed by atoms with van der Waals surface area (Å²) in [5.74, 6) is 0.545. The summed E-state index contributed by atoms with van der Waals surface area (Å²) < 4.78 is 5.37. The van der Waals surface area contributed by atoms with Crippen molar-refractivity contribution < 1.29 is 9.53 Å². The average molecular weight is 260 g/mol. The Morgan fingerprint density at radius 1 is 1.47 bits per heavy atom. The summed E-state index contributed by atoms with van der Waals surface area (Å²) in [5, 5.41) is 6.40. The van der Waals surface area contributed by atoms with E-state index in [1.165, 1.54) is 5.56 Å². The van der Waals surface area contributed by atoms with E-state index in [1.807, 2.05) is 18.2 Å². The zero-order valence-electron chi connectivity index (χ0n) is 11.2. The summed E-state index contributed by atoms with van der Waals surface area (Å²) in [6.45, 7) is 3.65. The van der Waals surface area contributed by atoms with Gasteiger partial charge in [0.2, 0.25) is 5.91 Å². The number of fused-ring (bicyclic) bond motifs is 1. The lowest BCUT2D eigenvalue weighted by atomic mass is 10.00. The first kappa shape index (κ1) is 12.5. The molecule has 0 aromatic heterocycles. The van der Waals surface area contributed by atoms with Gasteiger partial charge in [-0.1, -0.05) is 18.2 Å². The van der Waals surface area contributed by atoms with Crippen LogP contribution >= 0.6 is 0 Å². The summed E-state index contributed by atoms with van der Waals surface area (Å²) in [4.78, 5) is 12.3. The van der Waals surface area contributed by atoms with E-state index in [0.29, 0.717) is 5.92 Å². The Bertz CT molecular complexity index is 444. The van der Waals surface area contributed by atoms with Gasteiger partial charge in [-0.25, -0.2) is 0 Å². The third-order valence-corrected chi connectivity index (χ3v) is 4.13. The summed E-state index contributed by atoms with van der Waals surface area (Å²) in [5.41, 5.74) is 2.30. The summed E-state index contributed by atoms with van der Waals surface area (Å²) in [7, 11) is 0. The molecular formula is C15H20N2O2. The minimum Gasteiger partial charge on any atom is -0.381 e. The van der Waals surface area contributed by atoms with E-state index in [-0.39, 0.29) is 18.0 Å². The lowest BCUT2D eigenvalue weighted by Crippen LogP contribution is -2.45. The fourth-order valence-corrected chi connectivity index (χ4v) is 2.85. The number of amides is 1. The van der Waals surface area contributed by atoms with Crippen LogP contribution in [-0.4, -0.2) is 31.2 Å². The van der Waals surface area contributed by atoms with Gasteiger partial charge in [-0.2, -0.15) is 0 Å². The molecule has 3 atom stereocenters. The van der Waals surface area contributed by atoms with Gasteiger partial charge in [-0.3, -0.25) is 4.79 Å². The van der Waals surface area contributed by atoms with Crippen LogP contribution < -0.4 is 10.6 Å². The van der Waals surface area contributed by atoms with Gasteiger partial charge >= 0.3 is 0 Å². The number of anilines is 1. The summed E-state index contributed by atoms with van der Waals surface area (Å²) in [6, 6.07) is 8.15. The molecular weight excluding hydrogens is 240 g/mol. The van der Waals surface area contributed by atoms with E-state index in [2.05, 4.69) is 23.6 Å². The van der Waals surface area contributed by atoms with E-state index in [4.69, 9.17) is 4.74 Å². The molecule has 2 aliphatic rings. The highest BCUT2D eigenvalue weighted by atomic mass is 16.5. The second-order valence-corrected chi connectivity index (χ2v) is 5.48. The molecule has 1 aromatic rings. The number of para-hydroxylation sites is 1. The molecule has 2 heterocycles. The second kappa shape index (κ2) is 5.21. The van der Waals surface area contributed by atoms with Crippen molar-refractivity contribution in [2.45, 2.75) is 31.8 Å². The predicted octanol–water partition coefficient (Wildman–Crippen LogP) is 1.56. The van der Waals surface area contributed by atoms with Crippen molar-refractivity contribution in [3.63, 3.8) is 0 Å². The van der Waals surface area contributed by atoms with E-state index < -0.39 is 0 Å². The van der Waals surface area contributed by atoms with Crippen molar-refractivity contribution in [1.29, 1.82) is 0 Å². The maximum absolute atomic E-state index is 12.3. The molecule has 1 amide bonds. The molecule has 0 bridgehead atoms. The molecule has 3 rings (SSSR count). The van der Waals surface area contributed by atoms with E-state index in [1.54, 1.807) is 0 Å². The van der Waals surface area contributed by atoms with Crippen LogP contribution in [0.1, 0.15) is 18.9 Å². The van der Waals surface area contributed by atoms with E-state index in [0.717, 1.165) is 31.7 Å². The number of rotatable bonds is 3. The Kier molecular flexibility index (Phi) is 3.42. The second-order valence-electron chi connectivity index (χ2n) is 5.48. The Morgan fingerprint density at radius 3 is 3.05 bits per heavy atom. The van der Waals surface area contributed by atoms with Gasteiger partial charge in [-0.15, -0.1) is 0 Å². The minimum atomic E-state index is -0.137. The van der Waals surface area contributed by atoms with Crippen LogP contribution in [0.2, 0.25) is 0 Å². The van der Waals surface area contributed by atoms with Crippen LogP contribution in [0.5, 0.6) is 0 Å². The fourth-order valence-electron chi connectivity index (χ4n) is 2.85. The van der Waals surface area contributed by atoms with Crippen LogP contribution in [0.25, 0.3) is 0 Å². The normalized spacial score (nSPS) is 26.6. The number of hydrogen-bond acceptors (Lipinski definition) is 3. The number of ether oxygens (including phenoxy) is 1. The van der Waals surface area contributed by atoms with Crippen molar-refractivity contribution >= 4 is 11.6 Å². The SMILES string of the molecule is CC(NC(=O)C1Cc2ccccc2N1)C1CCOC1. The third-order valence-electron chi connectivity index (χ3n) is 4.13. The van der Waals surface area contributed by atoms with Gasteiger partial charge in [0, 0.05) is 30.7 Å². The zero-order valence-corrected chi connectivity index (χ0v) is 11.2. The van der Waals surface area contributed by atoms with Gasteiger partial charge in [-0.05, 0) is 25.0 Å². The number of nitrogens with one attached hydrogen (secondary N) is 2. The maximum Gasteiger partial charge on any atom is 0.243 e. The molecule has 0 spiro atoms. The fraction of sp³-hybridized carbons (Fsp3) is 0.533. The Morgan fingerprint density at radius 2 is 2.32 bits per heavy atom. The standard InChI is InChI=1S/C15H20N2O2/c1-10(12-6-7-19-9-12)16-15(18)14-8-11-4-2-3-5-13(11)17-14/h2-5,10,12,14,17H,6-9H2,1H3,(H,16,18). The van der Waals surface area contributed by atoms with E-state index >= 15 is 0 Å². The molecule has 0 saturated carbocycles. The third kappa shape index (κ3) is 2.59. The smallest absolute Gasteiger partial charge is 0.243 e. The van der Waals surface area contributed by atoms with Gasteiger partial charge in [0.25, 0.3) is 0 Å². The molecule has 4 nitrogen and oxygen atoms in total. The number of benzene rings is 1. The zero-order chi connectivity index (χ0) is 13.2. The van der Waals surface area contributed by atoms with Crippen molar-refractivity contribution in [2.24, 2.45) is 5.92 Å². The van der Waals surface area contributed by atoms with Crippen molar-refractivity contribution in [1.82, 2.24) is 5.32 Å². The summed E-state index contributed by atoms with van der Waals surface area (Å²) >= 11 is 0. The molecule has 1 fully saturated rings. The van der Waals surface area contributed by atoms with Gasteiger partial charge < -0.3 is 15.4 Å². The molecule has 2 aliphatic heterocycles.